The Hall–Kier alpha value is -3.38. The van der Waals surface area contributed by atoms with Crippen LogP contribution in [0.25, 0.3) is 0 Å². The number of para-hydroxylation sites is 1. The minimum atomic E-state index is -4.04. The number of fused-ring (bicyclic) bond motifs is 1. The van der Waals surface area contributed by atoms with Crippen molar-refractivity contribution in [1.29, 1.82) is 0 Å². The van der Waals surface area contributed by atoms with Gasteiger partial charge in [-0.3, -0.25) is 9.10 Å². The molecule has 0 radical (unpaired) electrons. The average Bonchev–Trinajstić information content (AvgIpc) is 2.77. The van der Waals surface area contributed by atoms with Gasteiger partial charge in [0.05, 0.1) is 12.2 Å². The number of benzene rings is 3. The Morgan fingerprint density at radius 3 is 2.39 bits per heavy atom. The van der Waals surface area contributed by atoms with Crippen LogP contribution in [0.1, 0.15) is 34.0 Å². The maximum Gasteiger partial charge on any atom is 0.270 e. The molecule has 0 unspecified atom stereocenters. The number of nitrogens with one attached hydrogen (secondary N) is 1. The molecule has 3 aromatic carbocycles. The highest BCUT2D eigenvalue weighted by atomic mass is 32.2. The number of Topliss-reactive ketones (excluding diaryl/α,β-unsaturated/α-hetero) is 1. The number of sulfonamides is 1. The normalized spacial score (nSPS) is 16.3. The molecule has 4 rings (SSSR count). The van der Waals surface area contributed by atoms with Crippen molar-refractivity contribution in [3.05, 3.63) is 106 Å². The number of carbonyl (C=O) groups excluding carboxylic acids is 1. The lowest BCUT2D eigenvalue weighted by Gasteiger charge is -2.31. The predicted molar refractivity (Wildman–Crippen MR) is 125 cm³/mol. The molecule has 158 valence electrons. The molecule has 6 heteroatoms. The maximum atomic E-state index is 13.5. The van der Waals surface area contributed by atoms with E-state index in [0.717, 1.165) is 23.2 Å². The van der Waals surface area contributed by atoms with E-state index < -0.39 is 15.8 Å². The van der Waals surface area contributed by atoms with E-state index in [1.807, 2.05) is 55.5 Å². The van der Waals surface area contributed by atoms with E-state index in [0.29, 0.717) is 11.3 Å². The largest absolute Gasteiger partial charge is 0.360 e. The third kappa shape index (κ3) is 4.11. The summed E-state index contributed by atoms with van der Waals surface area (Å²) < 4.78 is 28.3. The van der Waals surface area contributed by atoms with Gasteiger partial charge in [0, 0.05) is 17.5 Å². The Balaban J connectivity index is 1.75. The fraction of sp³-hybridized carbons (Fsp3) is 0.160. The van der Waals surface area contributed by atoms with Gasteiger partial charge >= 0.3 is 0 Å². The standard InChI is InChI=1S/C25H24N2O3S/c1-3-19-11-13-21(14-12-19)26-16-24-25(28)22-9-4-5-10-23(22)27(31(24,29)30)17-20-8-6-7-18(2)15-20/h4-16,26H,3,17H2,1-2H3/b24-16+. The number of hydrogen-bond donors (Lipinski definition) is 1. The molecule has 0 saturated carbocycles. The van der Waals surface area contributed by atoms with Gasteiger partial charge in [0.1, 0.15) is 0 Å². The summed E-state index contributed by atoms with van der Waals surface area (Å²) in [5.74, 6) is -0.506. The zero-order valence-electron chi connectivity index (χ0n) is 17.5. The summed E-state index contributed by atoms with van der Waals surface area (Å²) in [6.45, 7) is 4.18. The van der Waals surface area contributed by atoms with Crippen LogP contribution in [0.4, 0.5) is 11.4 Å². The molecule has 1 N–H and O–H groups in total. The summed E-state index contributed by atoms with van der Waals surface area (Å²) >= 11 is 0. The summed E-state index contributed by atoms with van der Waals surface area (Å²) in [6.07, 6.45) is 2.22. The second kappa shape index (κ2) is 8.40. The lowest BCUT2D eigenvalue weighted by Crippen LogP contribution is -2.39. The Bertz CT molecular complexity index is 1260. The molecular formula is C25H24N2O3S. The van der Waals surface area contributed by atoms with Crippen molar-refractivity contribution >= 4 is 27.2 Å². The van der Waals surface area contributed by atoms with Gasteiger partial charge in [-0.05, 0) is 48.7 Å². The molecule has 5 nitrogen and oxygen atoms in total. The van der Waals surface area contributed by atoms with Crippen LogP contribution in [0.2, 0.25) is 0 Å². The number of aryl methyl sites for hydroxylation is 2. The number of ketones is 1. The van der Waals surface area contributed by atoms with Gasteiger partial charge in [-0.25, -0.2) is 8.42 Å². The molecule has 1 heterocycles. The number of nitrogens with zero attached hydrogens (tertiary/aromatic N) is 1. The van der Waals surface area contributed by atoms with Crippen LogP contribution in [0.3, 0.4) is 0 Å². The summed E-state index contributed by atoms with van der Waals surface area (Å²) in [5.41, 5.74) is 4.58. The van der Waals surface area contributed by atoms with Crippen LogP contribution in [0.15, 0.2) is 83.9 Å². The zero-order chi connectivity index (χ0) is 22.0. The monoisotopic (exact) mass is 432 g/mol. The van der Waals surface area contributed by atoms with Gasteiger partial charge in [0.15, 0.2) is 4.91 Å². The second-order valence-corrected chi connectivity index (χ2v) is 9.38. The van der Waals surface area contributed by atoms with Crippen LogP contribution >= 0.6 is 0 Å². The van der Waals surface area contributed by atoms with Crippen molar-refractivity contribution < 1.29 is 13.2 Å². The minimum Gasteiger partial charge on any atom is -0.360 e. The second-order valence-electron chi connectivity index (χ2n) is 7.55. The van der Waals surface area contributed by atoms with Gasteiger partial charge in [0.25, 0.3) is 10.0 Å². The molecular weight excluding hydrogens is 408 g/mol. The third-order valence-electron chi connectivity index (χ3n) is 5.35. The highest BCUT2D eigenvalue weighted by Gasteiger charge is 2.40. The van der Waals surface area contributed by atoms with E-state index in [4.69, 9.17) is 0 Å². The van der Waals surface area contributed by atoms with Crippen molar-refractivity contribution in [2.24, 2.45) is 0 Å². The van der Waals surface area contributed by atoms with Crippen molar-refractivity contribution in [3.63, 3.8) is 0 Å². The molecule has 0 aliphatic carbocycles. The highest BCUT2D eigenvalue weighted by Crippen LogP contribution is 2.36. The number of carbonyl (C=O) groups is 1. The highest BCUT2D eigenvalue weighted by molar-refractivity contribution is 7.97. The Labute approximate surface area is 183 Å². The van der Waals surface area contributed by atoms with Gasteiger partial charge in [-0.1, -0.05) is 61.0 Å². The van der Waals surface area contributed by atoms with Crippen LogP contribution in [0, 0.1) is 6.92 Å². The first-order chi connectivity index (χ1) is 14.9. The predicted octanol–water partition coefficient (Wildman–Crippen LogP) is 5.04. The van der Waals surface area contributed by atoms with E-state index in [2.05, 4.69) is 12.2 Å². The molecule has 3 aromatic rings. The van der Waals surface area contributed by atoms with E-state index in [9.17, 15) is 13.2 Å². The molecule has 0 bridgehead atoms. The lowest BCUT2D eigenvalue weighted by atomic mass is 10.1. The van der Waals surface area contributed by atoms with Crippen LogP contribution in [-0.2, 0) is 23.0 Å². The Morgan fingerprint density at radius 1 is 0.935 bits per heavy atom. The molecule has 0 aromatic heterocycles. The first kappa shape index (κ1) is 20.9. The summed E-state index contributed by atoms with van der Waals surface area (Å²) in [5, 5.41) is 2.99. The quantitative estimate of drug-likeness (QED) is 0.574. The SMILES string of the molecule is CCc1ccc(N/C=C2\C(=O)c3ccccc3N(Cc3cccc(C)c3)S2(=O)=O)cc1. The molecule has 0 saturated heterocycles. The molecule has 31 heavy (non-hydrogen) atoms. The topological polar surface area (TPSA) is 66.5 Å². The molecule has 0 spiro atoms. The number of allylic oxidation sites excluding steroid dienone is 1. The fourth-order valence-electron chi connectivity index (χ4n) is 3.65. The minimum absolute atomic E-state index is 0.150. The summed E-state index contributed by atoms with van der Waals surface area (Å²) in [4.78, 5) is 12.8. The fourth-order valence-corrected chi connectivity index (χ4v) is 5.18. The van der Waals surface area contributed by atoms with E-state index in [1.54, 1.807) is 24.3 Å². The maximum absolute atomic E-state index is 13.5. The first-order valence-electron chi connectivity index (χ1n) is 10.2. The van der Waals surface area contributed by atoms with Crippen LogP contribution in [-0.4, -0.2) is 14.2 Å². The molecule has 1 aliphatic heterocycles. The summed E-state index contributed by atoms with van der Waals surface area (Å²) in [7, 11) is -4.04. The van der Waals surface area contributed by atoms with E-state index in [-0.39, 0.29) is 11.4 Å². The summed E-state index contributed by atoms with van der Waals surface area (Å²) in [6, 6.07) is 22.2. The van der Waals surface area contributed by atoms with Crippen molar-refractivity contribution in [2.75, 3.05) is 9.62 Å². The van der Waals surface area contributed by atoms with Crippen LogP contribution in [0.5, 0.6) is 0 Å². The molecule has 0 atom stereocenters. The van der Waals surface area contributed by atoms with Gasteiger partial charge in [0.2, 0.25) is 5.78 Å². The third-order valence-corrected chi connectivity index (χ3v) is 7.12. The Morgan fingerprint density at radius 2 is 1.68 bits per heavy atom. The van der Waals surface area contributed by atoms with E-state index >= 15 is 0 Å². The number of rotatable bonds is 5. The van der Waals surface area contributed by atoms with Crippen molar-refractivity contribution in [2.45, 2.75) is 26.8 Å². The zero-order valence-corrected chi connectivity index (χ0v) is 18.3. The smallest absolute Gasteiger partial charge is 0.270 e. The van der Waals surface area contributed by atoms with Gasteiger partial charge in [-0.15, -0.1) is 0 Å². The van der Waals surface area contributed by atoms with Crippen molar-refractivity contribution in [3.8, 4) is 0 Å². The molecule has 0 amide bonds. The van der Waals surface area contributed by atoms with Gasteiger partial charge in [-0.2, -0.15) is 0 Å². The molecule has 0 fully saturated rings. The van der Waals surface area contributed by atoms with E-state index in [1.165, 1.54) is 16.1 Å². The lowest BCUT2D eigenvalue weighted by molar-refractivity contribution is 0.104. The number of hydrogen-bond acceptors (Lipinski definition) is 4. The van der Waals surface area contributed by atoms with Crippen LogP contribution < -0.4 is 9.62 Å². The average molecular weight is 433 g/mol. The molecule has 1 aliphatic rings. The van der Waals surface area contributed by atoms with Gasteiger partial charge < -0.3 is 5.32 Å². The number of anilines is 2. The Kier molecular flexibility index (Phi) is 5.65. The van der Waals surface area contributed by atoms with Crippen molar-refractivity contribution in [1.82, 2.24) is 0 Å². The first-order valence-corrected chi connectivity index (χ1v) is 11.6.